The van der Waals surface area contributed by atoms with Gasteiger partial charge in [0.25, 0.3) is 0 Å². The van der Waals surface area contributed by atoms with E-state index in [1.54, 1.807) is 0 Å². The number of hydrogen-bond donors (Lipinski definition) is 0. The number of carbonyl (C=O) groups excluding carboxylic acids is 1. The third-order valence-electron chi connectivity index (χ3n) is 1.97. The molecule has 0 radical (unpaired) electrons. The summed E-state index contributed by atoms with van der Waals surface area (Å²) < 4.78 is 0.415. The number of rotatable bonds is 6. The molecule has 0 aromatic rings. The fraction of sp³-hybridized carbons (Fsp3) is 0.900. The molecule has 1 atom stereocenters. The second-order valence-electron chi connectivity index (χ2n) is 4.12. The Bertz CT molecular complexity index is 126. The predicted octanol–water partition coefficient (Wildman–Crippen LogP) is 3.60. The van der Waals surface area contributed by atoms with Crippen LogP contribution in [-0.2, 0) is 4.79 Å². The molecule has 0 spiro atoms. The third kappa shape index (κ3) is 8.50. The Kier molecular flexibility index (Phi) is 6.14. The van der Waals surface area contributed by atoms with Crippen molar-refractivity contribution in [2.24, 2.45) is 5.92 Å². The van der Waals surface area contributed by atoms with Crippen molar-refractivity contribution < 1.29 is 4.79 Å². The van der Waals surface area contributed by atoms with Crippen LogP contribution in [0.4, 0.5) is 0 Å². The summed E-state index contributed by atoms with van der Waals surface area (Å²) in [5.41, 5.74) is 0. The molecule has 0 rings (SSSR count). The Morgan fingerprint density at radius 2 is 2.08 bits per heavy atom. The lowest BCUT2D eigenvalue weighted by atomic mass is 9.98. The summed E-state index contributed by atoms with van der Waals surface area (Å²) in [5.74, 6) is 0.571. The first kappa shape index (κ1) is 12.4. The standard InChI is InChI=1S/C10H19IO/c1-9(6-8-12)5-4-7-10(2,3)11/h8-9H,4-7H2,1-3H3. The monoisotopic (exact) mass is 282 g/mol. The zero-order valence-electron chi connectivity index (χ0n) is 8.27. The van der Waals surface area contributed by atoms with E-state index in [0.717, 1.165) is 12.7 Å². The highest BCUT2D eigenvalue weighted by atomic mass is 127. The van der Waals surface area contributed by atoms with E-state index in [-0.39, 0.29) is 0 Å². The van der Waals surface area contributed by atoms with Crippen molar-refractivity contribution in [1.82, 2.24) is 0 Å². The van der Waals surface area contributed by atoms with Gasteiger partial charge in [-0.05, 0) is 12.3 Å². The van der Waals surface area contributed by atoms with Gasteiger partial charge in [0.05, 0.1) is 0 Å². The van der Waals surface area contributed by atoms with E-state index >= 15 is 0 Å². The minimum Gasteiger partial charge on any atom is -0.303 e. The summed E-state index contributed by atoms with van der Waals surface area (Å²) in [6.07, 6.45) is 5.43. The zero-order valence-corrected chi connectivity index (χ0v) is 10.4. The smallest absolute Gasteiger partial charge is 0.120 e. The van der Waals surface area contributed by atoms with E-state index in [9.17, 15) is 4.79 Å². The van der Waals surface area contributed by atoms with Gasteiger partial charge in [-0.25, -0.2) is 0 Å². The lowest BCUT2D eigenvalue weighted by Crippen LogP contribution is -2.09. The molecule has 0 aliphatic heterocycles. The minimum absolute atomic E-state index is 0.415. The van der Waals surface area contributed by atoms with Crippen LogP contribution in [0, 0.1) is 5.92 Å². The quantitative estimate of drug-likeness (QED) is 0.413. The second-order valence-corrected chi connectivity index (χ2v) is 7.04. The molecular weight excluding hydrogens is 263 g/mol. The lowest BCUT2D eigenvalue weighted by Gasteiger charge is -2.16. The van der Waals surface area contributed by atoms with Crippen molar-refractivity contribution in [1.29, 1.82) is 0 Å². The molecule has 2 heteroatoms. The Hall–Kier alpha value is 0.400. The van der Waals surface area contributed by atoms with Gasteiger partial charge < -0.3 is 4.79 Å². The van der Waals surface area contributed by atoms with Crippen LogP contribution in [0.1, 0.15) is 46.5 Å². The fourth-order valence-electron chi connectivity index (χ4n) is 1.15. The third-order valence-corrected chi connectivity index (χ3v) is 2.51. The van der Waals surface area contributed by atoms with Crippen molar-refractivity contribution in [2.45, 2.75) is 49.9 Å². The lowest BCUT2D eigenvalue weighted by molar-refractivity contribution is -0.108. The maximum absolute atomic E-state index is 10.2. The highest BCUT2D eigenvalue weighted by Gasteiger charge is 2.12. The topological polar surface area (TPSA) is 17.1 Å². The van der Waals surface area contributed by atoms with Crippen LogP contribution in [0.25, 0.3) is 0 Å². The predicted molar refractivity (Wildman–Crippen MR) is 61.8 cm³/mol. The molecule has 0 saturated carbocycles. The molecule has 0 heterocycles. The van der Waals surface area contributed by atoms with Crippen molar-refractivity contribution >= 4 is 28.9 Å². The van der Waals surface area contributed by atoms with Gasteiger partial charge in [0.2, 0.25) is 0 Å². The largest absolute Gasteiger partial charge is 0.303 e. The average molecular weight is 282 g/mol. The number of carbonyl (C=O) groups is 1. The van der Waals surface area contributed by atoms with Crippen LogP contribution in [0.15, 0.2) is 0 Å². The van der Waals surface area contributed by atoms with E-state index in [1.165, 1.54) is 19.3 Å². The maximum atomic E-state index is 10.2. The van der Waals surface area contributed by atoms with Crippen molar-refractivity contribution in [2.75, 3.05) is 0 Å². The number of halogens is 1. The highest BCUT2D eigenvalue weighted by Crippen LogP contribution is 2.25. The first-order chi connectivity index (χ1) is 5.45. The summed E-state index contributed by atoms with van der Waals surface area (Å²) in [5, 5.41) is 0. The summed E-state index contributed by atoms with van der Waals surface area (Å²) in [7, 11) is 0. The molecule has 0 amide bonds. The van der Waals surface area contributed by atoms with Crippen molar-refractivity contribution in [3.63, 3.8) is 0 Å². The first-order valence-corrected chi connectivity index (χ1v) is 5.66. The number of aldehydes is 1. The van der Waals surface area contributed by atoms with Gasteiger partial charge in [0.15, 0.2) is 0 Å². The highest BCUT2D eigenvalue weighted by molar-refractivity contribution is 14.1. The molecule has 0 fully saturated rings. The zero-order chi connectivity index (χ0) is 9.61. The molecule has 0 aliphatic rings. The van der Waals surface area contributed by atoms with Gasteiger partial charge in [-0.1, -0.05) is 56.2 Å². The Balaban J connectivity index is 3.36. The molecule has 0 aliphatic carbocycles. The van der Waals surface area contributed by atoms with Crippen LogP contribution in [-0.4, -0.2) is 9.71 Å². The molecule has 1 unspecified atom stereocenters. The summed E-state index contributed by atoms with van der Waals surface area (Å²) in [4.78, 5) is 10.2. The van der Waals surface area contributed by atoms with Gasteiger partial charge in [0, 0.05) is 9.84 Å². The van der Waals surface area contributed by atoms with E-state index in [0.29, 0.717) is 9.34 Å². The van der Waals surface area contributed by atoms with E-state index in [4.69, 9.17) is 0 Å². The first-order valence-electron chi connectivity index (χ1n) is 4.58. The molecule has 0 aromatic carbocycles. The van der Waals surface area contributed by atoms with Crippen LogP contribution in [0.5, 0.6) is 0 Å². The van der Waals surface area contributed by atoms with Crippen LogP contribution in [0.3, 0.4) is 0 Å². The van der Waals surface area contributed by atoms with Gasteiger partial charge in [-0.15, -0.1) is 0 Å². The summed E-state index contributed by atoms with van der Waals surface area (Å²) in [6, 6.07) is 0. The van der Waals surface area contributed by atoms with Gasteiger partial charge in [0.1, 0.15) is 6.29 Å². The number of hydrogen-bond acceptors (Lipinski definition) is 1. The Morgan fingerprint density at radius 1 is 1.50 bits per heavy atom. The molecular formula is C10H19IO. The molecule has 0 N–H and O–H groups in total. The summed E-state index contributed by atoms with van der Waals surface area (Å²) >= 11 is 2.48. The van der Waals surface area contributed by atoms with Crippen LogP contribution >= 0.6 is 22.6 Å². The van der Waals surface area contributed by atoms with Gasteiger partial charge in [-0.2, -0.15) is 0 Å². The SMILES string of the molecule is CC(CC=O)CCCC(C)(C)I. The molecule has 72 valence electrons. The molecule has 0 bridgehead atoms. The Morgan fingerprint density at radius 3 is 2.50 bits per heavy atom. The summed E-state index contributed by atoms with van der Waals surface area (Å²) in [6.45, 7) is 6.64. The van der Waals surface area contributed by atoms with E-state index in [1.807, 2.05) is 0 Å². The molecule has 12 heavy (non-hydrogen) atoms. The maximum Gasteiger partial charge on any atom is 0.120 e. The number of alkyl halides is 1. The van der Waals surface area contributed by atoms with E-state index in [2.05, 4.69) is 43.4 Å². The molecule has 0 saturated heterocycles. The van der Waals surface area contributed by atoms with Crippen LogP contribution in [0.2, 0.25) is 0 Å². The fourth-order valence-corrected chi connectivity index (χ4v) is 1.53. The van der Waals surface area contributed by atoms with Crippen molar-refractivity contribution in [3.8, 4) is 0 Å². The molecule has 0 aromatic heterocycles. The van der Waals surface area contributed by atoms with Crippen molar-refractivity contribution in [3.05, 3.63) is 0 Å². The Labute approximate surface area is 89.4 Å². The minimum atomic E-state index is 0.415. The second kappa shape index (κ2) is 5.95. The molecule has 1 nitrogen and oxygen atoms in total. The van der Waals surface area contributed by atoms with Crippen LogP contribution < -0.4 is 0 Å². The van der Waals surface area contributed by atoms with Gasteiger partial charge in [-0.3, -0.25) is 0 Å². The van der Waals surface area contributed by atoms with Gasteiger partial charge >= 0.3 is 0 Å². The van der Waals surface area contributed by atoms with E-state index < -0.39 is 0 Å². The normalized spacial score (nSPS) is 14.3. The average Bonchev–Trinajstić information content (AvgIpc) is 1.84.